The Hall–Kier alpha value is -4.99. The molecule has 3 aromatic carbocycles. The van der Waals surface area contributed by atoms with Crippen LogP contribution in [0.15, 0.2) is 91.0 Å². The smallest absolute Gasteiger partial charge is 0.408 e. The average Bonchev–Trinajstić information content (AvgIpc) is 2.94. The molecule has 0 aromatic heterocycles. The minimum atomic E-state index is -1.52. The summed E-state index contributed by atoms with van der Waals surface area (Å²) in [4.78, 5) is 61.9. The van der Waals surface area contributed by atoms with Gasteiger partial charge in [-0.05, 0) is 23.3 Å². The summed E-state index contributed by atoms with van der Waals surface area (Å²) in [6, 6.07) is 22.2. The number of ether oxygens (including phenoxy) is 2. The Balaban J connectivity index is 1.68. The Morgan fingerprint density at radius 2 is 1.32 bits per heavy atom. The first kappa shape index (κ1) is 27.6. The van der Waals surface area contributed by atoms with Crippen molar-refractivity contribution in [2.24, 2.45) is 0 Å². The lowest BCUT2D eigenvalue weighted by Gasteiger charge is -2.22. The number of benzene rings is 3. The Labute approximate surface area is 218 Å². The van der Waals surface area contributed by atoms with Crippen LogP contribution in [0.25, 0.3) is 0 Å². The lowest BCUT2D eigenvalue weighted by atomic mass is 10.0. The van der Waals surface area contributed by atoms with E-state index in [2.05, 4.69) is 10.6 Å². The third-order valence-corrected chi connectivity index (χ3v) is 5.31. The topological polar surface area (TPSA) is 148 Å². The number of aliphatic carboxylic acids is 1. The van der Waals surface area contributed by atoms with Gasteiger partial charge in [-0.1, -0.05) is 78.9 Å². The number of carbonyl (C=O) groups excluding carboxylic acids is 4. The monoisotopic (exact) mass is 518 g/mol. The lowest BCUT2D eigenvalue weighted by Crippen LogP contribution is -2.49. The van der Waals surface area contributed by atoms with E-state index >= 15 is 0 Å². The third-order valence-electron chi connectivity index (χ3n) is 5.31. The maximum absolute atomic E-state index is 13.2. The van der Waals surface area contributed by atoms with Crippen LogP contribution in [0.3, 0.4) is 0 Å². The summed E-state index contributed by atoms with van der Waals surface area (Å²) < 4.78 is 10.2. The summed E-state index contributed by atoms with van der Waals surface area (Å²) in [6.45, 7) is -0.794. The van der Waals surface area contributed by atoms with Crippen molar-refractivity contribution in [1.29, 1.82) is 0 Å². The van der Waals surface area contributed by atoms with Crippen LogP contribution in [-0.2, 0) is 30.5 Å². The summed E-state index contributed by atoms with van der Waals surface area (Å²) in [7, 11) is 0. The van der Waals surface area contributed by atoms with Gasteiger partial charge in [-0.3, -0.25) is 14.4 Å². The van der Waals surface area contributed by atoms with Gasteiger partial charge in [0.2, 0.25) is 5.91 Å². The van der Waals surface area contributed by atoms with Crippen molar-refractivity contribution in [3.8, 4) is 0 Å². The zero-order valence-corrected chi connectivity index (χ0v) is 20.2. The van der Waals surface area contributed by atoms with Gasteiger partial charge in [-0.25, -0.2) is 9.59 Å². The van der Waals surface area contributed by atoms with Gasteiger partial charge in [0.15, 0.2) is 12.4 Å². The molecule has 38 heavy (non-hydrogen) atoms. The van der Waals surface area contributed by atoms with Crippen molar-refractivity contribution in [2.75, 3.05) is 6.61 Å². The Morgan fingerprint density at radius 1 is 0.737 bits per heavy atom. The molecule has 3 aromatic rings. The normalized spacial score (nSPS) is 11.9. The minimum Gasteiger partial charge on any atom is -0.481 e. The van der Waals surface area contributed by atoms with Gasteiger partial charge >= 0.3 is 18.0 Å². The second-order valence-electron chi connectivity index (χ2n) is 8.12. The molecule has 2 unspecified atom stereocenters. The number of nitrogens with one attached hydrogen (secondary N) is 2. The molecule has 10 heteroatoms. The van der Waals surface area contributed by atoms with Crippen LogP contribution in [0.4, 0.5) is 4.79 Å². The minimum absolute atomic E-state index is 0.0390. The highest BCUT2D eigenvalue weighted by molar-refractivity contribution is 5.97. The first-order chi connectivity index (χ1) is 18.3. The largest absolute Gasteiger partial charge is 0.481 e. The summed E-state index contributed by atoms with van der Waals surface area (Å²) in [5.74, 6) is -3.81. The molecule has 0 spiro atoms. The number of carboxylic acid groups (broad SMARTS) is 1. The fourth-order valence-electron chi connectivity index (χ4n) is 3.40. The molecule has 0 aliphatic carbocycles. The number of amides is 2. The molecule has 0 heterocycles. The number of esters is 1. The Kier molecular flexibility index (Phi) is 10.1. The van der Waals surface area contributed by atoms with Crippen LogP contribution in [0.2, 0.25) is 0 Å². The van der Waals surface area contributed by atoms with Crippen molar-refractivity contribution < 1.29 is 38.6 Å². The van der Waals surface area contributed by atoms with Crippen LogP contribution in [0, 0.1) is 0 Å². The Morgan fingerprint density at radius 3 is 1.92 bits per heavy atom. The fraction of sp³-hybridized carbons (Fsp3) is 0.179. The molecular formula is C28H26N2O8. The van der Waals surface area contributed by atoms with E-state index in [1.54, 1.807) is 72.8 Å². The molecule has 2 amide bonds. The Bertz CT molecular complexity index is 1250. The molecular weight excluding hydrogens is 492 g/mol. The maximum Gasteiger partial charge on any atom is 0.408 e. The molecule has 0 saturated heterocycles. The number of alkyl carbamates (subject to hydrolysis) is 1. The van der Waals surface area contributed by atoms with Crippen LogP contribution in [0.1, 0.15) is 33.9 Å². The predicted octanol–water partition coefficient (Wildman–Crippen LogP) is 3.04. The number of carboxylic acids is 1. The SMILES string of the molecule is O=C(O)CC(NC(=O)C(NC(=O)OCc1ccccc1)c1ccccc1)C(=O)COC(=O)c1ccccc1. The van der Waals surface area contributed by atoms with E-state index < -0.39 is 54.8 Å². The number of ketones is 1. The van der Waals surface area contributed by atoms with Crippen molar-refractivity contribution in [2.45, 2.75) is 25.1 Å². The molecule has 0 saturated carbocycles. The van der Waals surface area contributed by atoms with Gasteiger partial charge in [0.1, 0.15) is 18.7 Å². The quantitative estimate of drug-likeness (QED) is 0.310. The first-order valence-electron chi connectivity index (χ1n) is 11.6. The number of hydrogen-bond acceptors (Lipinski definition) is 7. The highest BCUT2D eigenvalue weighted by Crippen LogP contribution is 2.15. The van der Waals surface area contributed by atoms with Gasteiger partial charge in [-0.2, -0.15) is 0 Å². The maximum atomic E-state index is 13.2. The van der Waals surface area contributed by atoms with Gasteiger partial charge in [0.05, 0.1) is 12.0 Å². The highest BCUT2D eigenvalue weighted by atomic mass is 16.5. The van der Waals surface area contributed by atoms with Crippen LogP contribution >= 0.6 is 0 Å². The molecule has 0 fully saturated rings. The predicted molar refractivity (Wildman–Crippen MR) is 135 cm³/mol. The molecule has 0 bridgehead atoms. The number of rotatable bonds is 12. The molecule has 196 valence electrons. The summed E-state index contributed by atoms with van der Waals surface area (Å²) in [5.41, 5.74) is 1.32. The van der Waals surface area contributed by atoms with E-state index in [9.17, 15) is 29.1 Å². The van der Waals surface area contributed by atoms with Crippen molar-refractivity contribution in [3.63, 3.8) is 0 Å². The number of Topliss-reactive ketones (excluding diaryl/α,β-unsaturated/α-hetero) is 1. The third kappa shape index (κ3) is 8.59. The highest BCUT2D eigenvalue weighted by Gasteiger charge is 2.30. The fourth-order valence-corrected chi connectivity index (χ4v) is 3.40. The number of hydrogen-bond donors (Lipinski definition) is 3. The van der Waals surface area contributed by atoms with E-state index in [0.717, 1.165) is 5.56 Å². The van der Waals surface area contributed by atoms with E-state index in [-0.39, 0.29) is 12.2 Å². The summed E-state index contributed by atoms with van der Waals surface area (Å²) in [6.07, 6.45) is -1.65. The van der Waals surface area contributed by atoms with E-state index in [4.69, 9.17) is 9.47 Å². The average molecular weight is 519 g/mol. The standard InChI is InChI=1S/C28H26N2O8/c31-23(18-37-27(35)21-14-8-3-9-15-21)22(16-24(32)33)29-26(34)25(20-12-6-2-7-13-20)30-28(36)38-17-19-10-4-1-5-11-19/h1-15,22,25H,16-18H2,(H,29,34)(H,30,36)(H,32,33). The van der Waals surface area contributed by atoms with E-state index in [1.807, 2.05) is 6.07 Å². The molecule has 0 radical (unpaired) electrons. The number of carbonyl (C=O) groups is 5. The van der Waals surface area contributed by atoms with Crippen molar-refractivity contribution in [3.05, 3.63) is 108 Å². The molecule has 0 aliphatic rings. The molecule has 10 nitrogen and oxygen atoms in total. The zero-order valence-electron chi connectivity index (χ0n) is 20.2. The van der Waals surface area contributed by atoms with Gasteiger partial charge < -0.3 is 25.2 Å². The second-order valence-corrected chi connectivity index (χ2v) is 8.12. The molecule has 0 aliphatic heterocycles. The molecule has 3 N–H and O–H groups in total. The van der Waals surface area contributed by atoms with Crippen molar-refractivity contribution in [1.82, 2.24) is 10.6 Å². The van der Waals surface area contributed by atoms with Crippen LogP contribution < -0.4 is 10.6 Å². The van der Waals surface area contributed by atoms with Gasteiger partial charge in [0, 0.05) is 0 Å². The molecule has 2 atom stereocenters. The van der Waals surface area contributed by atoms with E-state index in [1.165, 1.54) is 12.1 Å². The second kappa shape index (κ2) is 13.9. The first-order valence-corrected chi connectivity index (χ1v) is 11.6. The van der Waals surface area contributed by atoms with Crippen LogP contribution in [-0.4, -0.2) is 47.5 Å². The van der Waals surface area contributed by atoms with E-state index in [0.29, 0.717) is 5.56 Å². The van der Waals surface area contributed by atoms with Crippen molar-refractivity contribution >= 4 is 29.7 Å². The van der Waals surface area contributed by atoms with Crippen LogP contribution in [0.5, 0.6) is 0 Å². The lowest BCUT2D eigenvalue weighted by molar-refractivity contribution is -0.140. The zero-order chi connectivity index (χ0) is 27.3. The summed E-state index contributed by atoms with van der Waals surface area (Å²) in [5, 5.41) is 14.1. The van der Waals surface area contributed by atoms with Gasteiger partial charge in [-0.15, -0.1) is 0 Å². The van der Waals surface area contributed by atoms with Gasteiger partial charge in [0.25, 0.3) is 0 Å². The molecule has 3 rings (SSSR count). The summed E-state index contributed by atoms with van der Waals surface area (Å²) >= 11 is 0.